The number of carbonyl (C=O) groups is 1. The van der Waals surface area contributed by atoms with E-state index < -0.39 is 0 Å². The molecule has 3 heteroatoms. The van der Waals surface area contributed by atoms with Crippen LogP contribution in [0.3, 0.4) is 0 Å². The Hall–Kier alpha value is -0.570. The van der Waals surface area contributed by atoms with E-state index in [-0.39, 0.29) is 6.04 Å². The van der Waals surface area contributed by atoms with Crippen LogP contribution in [0.15, 0.2) is 0 Å². The monoisotopic (exact) mass is 248 g/mol. The second-order valence-electron chi connectivity index (χ2n) is 7.17. The number of fused-ring (bicyclic) bond motifs is 5. The van der Waals surface area contributed by atoms with Crippen LogP contribution >= 0.6 is 0 Å². The second kappa shape index (κ2) is 3.72. The first-order valence-corrected chi connectivity index (χ1v) is 7.73. The van der Waals surface area contributed by atoms with E-state index >= 15 is 0 Å². The van der Waals surface area contributed by atoms with E-state index in [0.717, 1.165) is 36.6 Å². The fraction of sp³-hybridized carbons (Fsp3) is 0.933. The summed E-state index contributed by atoms with van der Waals surface area (Å²) in [7, 11) is 0. The average Bonchev–Trinajstić information content (AvgIpc) is 2.66. The maximum absolute atomic E-state index is 12.5. The van der Waals surface area contributed by atoms with Crippen LogP contribution in [0.1, 0.15) is 39.5 Å². The van der Waals surface area contributed by atoms with Gasteiger partial charge in [0.25, 0.3) is 0 Å². The predicted octanol–water partition coefficient (Wildman–Crippen LogP) is 1.63. The Morgan fingerprint density at radius 2 is 1.83 bits per heavy atom. The predicted molar refractivity (Wildman–Crippen MR) is 70.0 cm³/mol. The molecule has 0 aromatic rings. The molecule has 1 aliphatic heterocycles. The first kappa shape index (κ1) is 11.3. The molecule has 1 N–H and O–H groups in total. The summed E-state index contributed by atoms with van der Waals surface area (Å²) in [6, 6.07) is 1.15. The summed E-state index contributed by atoms with van der Waals surface area (Å²) < 4.78 is 0. The molecule has 2 bridgehead atoms. The van der Waals surface area contributed by atoms with Crippen LogP contribution in [0, 0.1) is 23.7 Å². The van der Waals surface area contributed by atoms with Crippen LogP contribution in [-0.2, 0) is 4.79 Å². The Morgan fingerprint density at radius 3 is 2.44 bits per heavy atom. The summed E-state index contributed by atoms with van der Waals surface area (Å²) in [6.07, 6.45) is 5.37. The maximum Gasteiger partial charge on any atom is 0.240 e. The van der Waals surface area contributed by atoms with Crippen LogP contribution in [0.25, 0.3) is 0 Å². The molecule has 5 unspecified atom stereocenters. The molecule has 18 heavy (non-hydrogen) atoms. The van der Waals surface area contributed by atoms with Gasteiger partial charge in [0.2, 0.25) is 5.91 Å². The maximum atomic E-state index is 12.5. The molecule has 1 heterocycles. The van der Waals surface area contributed by atoms with Crippen molar-refractivity contribution in [3.8, 4) is 0 Å². The van der Waals surface area contributed by atoms with Crippen molar-refractivity contribution in [2.24, 2.45) is 23.7 Å². The Morgan fingerprint density at radius 1 is 1.17 bits per heavy atom. The van der Waals surface area contributed by atoms with Crippen molar-refractivity contribution in [1.82, 2.24) is 10.2 Å². The van der Waals surface area contributed by atoms with Gasteiger partial charge < -0.3 is 10.2 Å². The van der Waals surface area contributed by atoms with Gasteiger partial charge >= 0.3 is 0 Å². The van der Waals surface area contributed by atoms with Gasteiger partial charge in [-0.15, -0.1) is 0 Å². The molecule has 3 aliphatic carbocycles. The van der Waals surface area contributed by atoms with E-state index in [9.17, 15) is 4.79 Å². The second-order valence-corrected chi connectivity index (χ2v) is 7.17. The van der Waals surface area contributed by atoms with E-state index in [1.165, 1.54) is 19.3 Å². The average molecular weight is 248 g/mol. The summed E-state index contributed by atoms with van der Waals surface area (Å²) in [4.78, 5) is 14.7. The molecule has 3 nitrogen and oxygen atoms in total. The number of amides is 1. The standard InChI is InChI=1S/C15H24N2O/c1-8(2)16-11-5-6-17(15(11)18)14-12-9-3-4-10(7-9)13(12)14/h8-14,16H,3-7H2,1-2H3. The van der Waals surface area contributed by atoms with E-state index in [0.29, 0.717) is 18.0 Å². The number of likely N-dealkylation sites (tertiary alicyclic amines) is 1. The highest BCUT2D eigenvalue weighted by atomic mass is 16.2. The van der Waals surface area contributed by atoms with Crippen LogP contribution in [0.4, 0.5) is 0 Å². The first-order chi connectivity index (χ1) is 8.66. The molecule has 5 atom stereocenters. The van der Waals surface area contributed by atoms with Crippen molar-refractivity contribution < 1.29 is 4.79 Å². The molecule has 4 fully saturated rings. The molecule has 0 spiro atoms. The molecule has 1 amide bonds. The molecular formula is C15H24N2O. The zero-order valence-electron chi connectivity index (χ0n) is 11.4. The van der Waals surface area contributed by atoms with Crippen molar-refractivity contribution in [1.29, 1.82) is 0 Å². The highest BCUT2D eigenvalue weighted by Gasteiger charge is 2.68. The quantitative estimate of drug-likeness (QED) is 0.823. The van der Waals surface area contributed by atoms with Gasteiger partial charge in [-0.3, -0.25) is 4.79 Å². The van der Waals surface area contributed by atoms with Crippen LogP contribution in [0.5, 0.6) is 0 Å². The van der Waals surface area contributed by atoms with Gasteiger partial charge in [-0.25, -0.2) is 0 Å². The zero-order chi connectivity index (χ0) is 12.4. The highest BCUT2D eigenvalue weighted by molar-refractivity contribution is 5.84. The number of nitrogens with zero attached hydrogens (tertiary/aromatic N) is 1. The number of carbonyl (C=O) groups excluding carboxylic acids is 1. The fourth-order valence-corrected chi connectivity index (χ4v) is 5.25. The van der Waals surface area contributed by atoms with Gasteiger partial charge in [0.05, 0.1) is 6.04 Å². The summed E-state index contributed by atoms with van der Waals surface area (Å²) in [5.74, 6) is 4.11. The van der Waals surface area contributed by atoms with Gasteiger partial charge in [-0.05, 0) is 49.4 Å². The van der Waals surface area contributed by atoms with E-state index in [4.69, 9.17) is 0 Å². The van der Waals surface area contributed by atoms with E-state index in [2.05, 4.69) is 24.1 Å². The molecule has 4 rings (SSSR count). The molecule has 100 valence electrons. The van der Waals surface area contributed by atoms with Crippen LogP contribution in [-0.4, -0.2) is 35.5 Å². The number of hydrogen-bond donors (Lipinski definition) is 1. The van der Waals surface area contributed by atoms with Crippen molar-refractivity contribution in [3.63, 3.8) is 0 Å². The van der Waals surface area contributed by atoms with Gasteiger partial charge in [0.1, 0.15) is 0 Å². The van der Waals surface area contributed by atoms with Crippen LogP contribution < -0.4 is 5.32 Å². The lowest BCUT2D eigenvalue weighted by Crippen LogP contribution is -2.43. The SMILES string of the molecule is CC(C)NC1CCN(C2C3C4CCC(C4)C32)C1=O. The molecule has 0 aromatic heterocycles. The zero-order valence-corrected chi connectivity index (χ0v) is 11.4. The molecule has 0 aromatic carbocycles. The Bertz CT molecular complexity index is 365. The Kier molecular flexibility index (Phi) is 2.33. The third-order valence-corrected chi connectivity index (χ3v) is 5.83. The lowest BCUT2D eigenvalue weighted by Gasteiger charge is -2.21. The van der Waals surface area contributed by atoms with Crippen molar-refractivity contribution in [3.05, 3.63) is 0 Å². The number of nitrogens with one attached hydrogen (secondary N) is 1. The Balaban J connectivity index is 1.44. The van der Waals surface area contributed by atoms with E-state index in [1.54, 1.807) is 0 Å². The summed E-state index contributed by atoms with van der Waals surface area (Å²) in [5.41, 5.74) is 0. The summed E-state index contributed by atoms with van der Waals surface area (Å²) in [6.45, 7) is 5.25. The molecule has 0 radical (unpaired) electrons. The van der Waals surface area contributed by atoms with Gasteiger partial charge in [0.15, 0.2) is 0 Å². The van der Waals surface area contributed by atoms with Gasteiger partial charge in [-0.2, -0.15) is 0 Å². The van der Waals surface area contributed by atoms with E-state index in [1.807, 2.05) is 0 Å². The topological polar surface area (TPSA) is 32.3 Å². The highest BCUT2D eigenvalue weighted by Crippen LogP contribution is 2.67. The Labute approximate surface area is 109 Å². The van der Waals surface area contributed by atoms with Crippen molar-refractivity contribution in [2.45, 2.75) is 57.7 Å². The summed E-state index contributed by atoms with van der Waals surface area (Å²) >= 11 is 0. The van der Waals surface area contributed by atoms with Crippen molar-refractivity contribution in [2.75, 3.05) is 6.54 Å². The number of hydrogen-bond acceptors (Lipinski definition) is 2. The van der Waals surface area contributed by atoms with Gasteiger partial charge in [0, 0.05) is 18.6 Å². The minimum atomic E-state index is 0.101. The third kappa shape index (κ3) is 1.43. The van der Waals surface area contributed by atoms with Crippen LogP contribution in [0.2, 0.25) is 0 Å². The molecule has 4 aliphatic rings. The summed E-state index contributed by atoms with van der Waals surface area (Å²) in [5, 5.41) is 3.42. The third-order valence-electron chi connectivity index (χ3n) is 5.83. The van der Waals surface area contributed by atoms with Crippen molar-refractivity contribution >= 4 is 5.91 Å². The molecule has 1 saturated heterocycles. The minimum Gasteiger partial charge on any atom is -0.338 e. The lowest BCUT2D eigenvalue weighted by molar-refractivity contribution is -0.130. The lowest BCUT2D eigenvalue weighted by atomic mass is 10.0. The smallest absolute Gasteiger partial charge is 0.240 e. The fourth-order valence-electron chi connectivity index (χ4n) is 5.25. The molecular weight excluding hydrogens is 224 g/mol. The number of rotatable bonds is 3. The van der Waals surface area contributed by atoms with Gasteiger partial charge in [-0.1, -0.05) is 13.8 Å². The molecule has 3 saturated carbocycles. The first-order valence-electron chi connectivity index (χ1n) is 7.73. The normalized spacial score (nSPS) is 49.3. The minimum absolute atomic E-state index is 0.101. The largest absolute Gasteiger partial charge is 0.338 e.